The lowest BCUT2D eigenvalue weighted by atomic mass is 9.95. The van der Waals surface area contributed by atoms with Crippen molar-refractivity contribution >= 4 is 37.5 Å². The van der Waals surface area contributed by atoms with Gasteiger partial charge in [0.1, 0.15) is 0 Å². The van der Waals surface area contributed by atoms with Gasteiger partial charge in [0, 0.05) is 16.1 Å². The molecule has 0 heterocycles. The number of halogens is 1. The van der Waals surface area contributed by atoms with E-state index in [1.165, 1.54) is 18.6 Å². The van der Waals surface area contributed by atoms with Crippen molar-refractivity contribution in [3.05, 3.63) is 58.1 Å². The van der Waals surface area contributed by atoms with Crippen molar-refractivity contribution in [3.63, 3.8) is 0 Å². The van der Waals surface area contributed by atoms with Crippen LogP contribution in [0, 0.1) is 6.92 Å². The SMILES string of the molecule is Cc1ccc(Br)c(NS(=O)(=O)c2cccc(C(=O)NC3CCCCC3)c2)c1. The minimum absolute atomic E-state index is 0.0622. The number of sulfonamides is 1. The summed E-state index contributed by atoms with van der Waals surface area (Å²) < 4.78 is 28.8. The van der Waals surface area contributed by atoms with E-state index in [1.54, 1.807) is 24.3 Å². The number of carbonyl (C=O) groups excluding carboxylic acids is 1. The first-order valence-electron chi connectivity index (χ1n) is 9.05. The monoisotopic (exact) mass is 450 g/mol. The summed E-state index contributed by atoms with van der Waals surface area (Å²) in [5, 5.41) is 3.02. The van der Waals surface area contributed by atoms with Crippen LogP contribution in [0.5, 0.6) is 0 Å². The van der Waals surface area contributed by atoms with E-state index >= 15 is 0 Å². The molecule has 1 saturated carbocycles. The number of benzene rings is 2. The van der Waals surface area contributed by atoms with Gasteiger partial charge in [-0.15, -0.1) is 0 Å². The molecular formula is C20H23BrN2O3S. The number of amides is 1. The van der Waals surface area contributed by atoms with Gasteiger partial charge in [0.25, 0.3) is 15.9 Å². The number of carbonyl (C=O) groups is 1. The predicted octanol–water partition coefficient (Wildman–Crippen LogP) is 4.62. The van der Waals surface area contributed by atoms with E-state index in [4.69, 9.17) is 0 Å². The van der Waals surface area contributed by atoms with Gasteiger partial charge in [-0.1, -0.05) is 31.4 Å². The number of hydrogen-bond acceptors (Lipinski definition) is 3. The van der Waals surface area contributed by atoms with Crippen molar-refractivity contribution in [2.24, 2.45) is 0 Å². The van der Waals surface area contributed by atoms with Gasteiger partial charge in [0.2, 0.25) is 0 Å². The Morgan fingerprint density at radius 2 is 1.81 bits per heavy atom. The number of anilines is 1. The highest BCUT2D eigenvalue weighted by Crippen LogP contribution is 2.26. The molecule has 1 amide bonds. The van der Waals surface area contributed by atoms with E-state index in [-0.39, 0.29) is 16.8 Å². The Morgan fingerprint density at radius 1 is 1.07 bits per heavy atom. The predicted molar refractivity (Wildman–Crippen MR) is 110 cm³/mol. The van der Waals surface area contributed by atoms with E-state index in [9.17, 15) is 13.2 Å². The molecule has 0 saturated heterocycles. The van der Waals surface area contributed by atoms with Crippen molar-refractivity contribution in [2.75, 3.05) is 4.72 Å². The number of rotatable bonds is 5. The third kappa shape index (κ3) is 5.11. The van der Waals surface area contributed by atoms with Crippen molar-refractivity contribution in [1.82, 2.24) is 5.32 Å². The van der Waals surface area contributed by atoms with Crippen molar-refractivity contribution in [1.29, 1.82) is 0 Å². The van der Waals surface area contributed by atoms with Gasteiger partial charge in [-0.25, -0.2) is 8.42 Å². The maximum absolute atomic E-state index is 12.8. The molecule has 5 nitrogen and oxygen atoms in total. The van der Waals surface area contributed by atoms with Crippen LogP contribution in [0.2, 0.25) is 0 Å². The van der Waals surface area contributed by atoms with Crippen LogP contribution in [-0.4, -0.2) is 20.4 Å². The number of nitrogens with one attached hydrogen (secondary N) is 2. The molecule has 1 aliphatic carbocycles. The van der Waals surface area contributed by atoms with Gasteiger partial charge in [0.15, 0.2) is 0 Å². The molecule has 1 fully saturated rings. The van der Waals surface area contributed by atoms with Crippen LogP contribution >= 0.6 is 15.9 Å². The molecule has 27 heavy (non-hydrogen) atoms. The molecule has 3 rings (SSSR count). The van der Waals surface area contributed by atoms with E-state index in [1.807, 2.05) is 13.0 Å². The first-order chi connectivity index (χ1) is 12.8. The summed E-state index contributed by atoms with van der Waals surface area (Å²) >= 11 is 3.36. The molecule has 0 aromatic heterocycles. The van der Waals surface area contributed by atoms with Crippen LogP contribution in [0.25, 0.3) is 0 Å². The lowest BCUT2D eigenvalue weighted by Crippen LogP contribution is -2.36. The molecule has 2 aromatic carbocycles. The van der Waals surface area contributed by atoms with Crippen LogP contribution in [-0.2, 0) is 10.0 Å². The molecule has 0 unspecified atom stereocenters. The zero-order chi connectivity index (χ0) is 19.4. The Kier molecular flexibility index (Phi) is 6.22. The van der Waals surface area contributed by atoms with Gasteiger partial charge < -0.3 is 5.32 Å². The van der Waals surface area contributed by atoms with Crippen LogP contribution in [0.4, 0.5) is 5.69 Å². The average Bonchev–Trinajstić information content (AvgIpc) is 2.65. The smallest absolute Gasteiger partial charge is 0.261 e. The van der Waals surface area contributed by atoms with Crippen molar-refractivity contribution in [3.8, 4) is 0 Å². The van der Waals surface area contributed by atoms with Gasteiger partial charge in [-0.2, -0.15) is 0 Å². The van der Waals surface area contributed by atoms with Crippen LogP contribution < -0.4 is 10.0 Å². The van der Waals surface area contributed by atoms with Crippen LogP contribution in [0.15, 0.2) is 51.8 Å². The third-order valence-electron chi connectivity index (χ3n) is 4.71. The summed E-state index contributed by atoms with van der Waals surface area (Å²) in [6.45, 7) is 1.89. The normalized spacial score (nSPS) is 15.3. The van der Waals surface area contributed by atoms with Crippen LogP contribution in [0.3, 0.4) is 0 Å². The fraction of sp³-hybridized carbons (Fsp3) is 0.350. The molecule has 2 N–H and O–H groups in total. The molecule has 1 aliphatic rings. The quantitative estimate of drug-likeness (QED) is 0.697. The van der Waals surface area contributed by atoms with E-state index in [0.717, 1.165) is 31.2 Å². The summed E-state index contributed by atoms with van der Waals surface area (Å²) in [7, 11) is -3.80. The number of hydrogen-bond donors (Lipinski definition) is 2. The zero-order valence-corrected chi connectivity index (χ0v) is 17.6. The third-order valence-corrected chi connectivity index (χ3v) is 6.77. The Labute approximate surface area is 168 Å². The summed E-state index contributed by atoms with van der Waals surface area (Å²) in [4.78, 5) is 12.6. The highest BCUT2D eigenvalue weighted by molar-refractivity contribution is 9.10. The standard InChI is InChI=1S/C20H23BrN2O3S/c1-14-10-11-18(21)19(12-14)23-27(25,26)17-9-5-6-15(13-17)20(24)22-16-7-3-2-4-8-16/h5-6,9-13,16,23H,2-4,7-8H2,1H3,(H,22,24). The highest BCUT2D eigenvalue weighted by Gasteiger charge is 2.20. The Morgan fingerprint density at radius 3 is 2.56 bits per heavy atom. The summed E-state index contributed by atoms with van der Waals surface area (Å²) in [6, 6.07) is 11.7. The van der Waals surface area contributed by atoms with Gasteiger partial charge in [-0.3, -0.25) is 9.52 Å². The number of aryl methyl sites for hydroxylation is 1. The second-order valence-electron chi connectivity index (χ2n) is 6.93. The van der Waals surface area contributed by atoms with Gasteiger partial charge >= 0.3 is 0 Å². The topological polar surface area (TPSA) is 75.3 Å². The molecule has 0 atom stereocenters. The molecule has 144 valence electrons. The zero-order valence-electron chi connectivity index (χ0n) is 15.2. The average molecular weight is 451 g/mol. The first-order valence-corrected chi connectivity index (χ1v) is 11.3. The fourth-order valence-electron chi connectivity index (χ4n) is 3.24. The van der Waals surface area contributed by atoms with E-state index < -0.39 is 10.0 Å². The molecule has 0 spiro atoms. The second-order valence-corrected chi connectivity index (χ2v) is 9.46. The largest absolute Gasteiger partial charge is 0.349 e. The van der Waals surface area contributed by atoms with Gasteiger partial charge in [-0.05, 0) is 71.6 Å². The maximum atomic E-state index is 12.8. The summed E-state index contributed by atoms with van der Waals surface area (Å²) in [5.74, 6) is -0.226. The highest BCUT2D eigenvalue weighted by atomic mass is 79.9. The molecule has 2 aromatic rings. The Bertz CT molecular complexity index is 938. The van der Waals surface area contributed by atoms with Crippen molar-refractivity contribution < 1.29 is 13.2 Å². The molecule has 7 heteroatoms. The van der Waals surface area contributed by atoms with E-state index in [0.29, 0.717) is 15.7 Å². The van der Waals surface area contributed by atoms with E-state index in [2.05, 4.69) is 26.0 Å². The van der Waals surface area contributed by atoms with Crippen molar-refractivity contribution in [2.45, 2.75) is 50.0 Å². The Balaban J connectivity index is 1.79. The molecular weight excluding hydrogens is 428 g/mol. The summed E-state index contributed by atoms with van der Waals surface area (Å²) in [6.07, 6.45) is 5.41. The van der Waals surface area contributed by atoms with Crippen LogP contribution in [0.1, 0.15) is 48.0 Å². The lowest BCUT2D eigenvalue weighted by molar-refractivity contribution is 0.0927. The second kappa shape index (κ2) is 8.44. The molecule has 0 aliphatic heterocycles. The fourth-order valence-corrected chi connectivity index (χ4v) is 4.83. The molecule has 0 bridgehead atoms. The molecule has 0 radical (unpaired) electrons. The minimum atomic E-state index is -3.80. The Hall–Kier alpha value is -1.86. The first kappa shape index (κ1) is 19.9. The summed E-state index contributed by atoms with van der Waals surface area (Å²) in [5.41, 5.74) is 1.76. The lowest BCUT2D eigenvalue weighted by Gasteiger charge is -2.22. The minimum Gasteiger partial charge on any atom is -0.349 e. The maximum Gasteiger partial charge on any atom is 0.261 e. The van der Waals surface area contributed by atoms with Gasteiger partial charge in [0.05, 0.1) is 10.6 Å².